The second-order valence-corrected chi connectivity index (χ2v) is 5.14. The minimum Gasteiger partial charge on any atom is -0.330 e. The number of rotatable bonds is 2. The molecule has 0 atom stereocenters. The highest BCUT2D eigenvalue weighted by molar-refractivity contribution is 6.30. The van der Waals surface area contributed by atoms with Crippen LogP contribution in [-0.2, 0) is 5.41 Å². The first-order chi connectivity index (χ1) is 7.97. The van der Waals surface area contributed by atoms with Gasteiger partial charge in [0.2, 0.25) is 5.92 Å². The molecule has 0 spiro atoms. The summed E-state index contributed by atoms with van der Waals surface area (Å²) >= 11 is 5.77. The van der Waals surface area contributed by atoms with Crippen LogP contribution in [0.1, 0.15) is 31.4 Å². The van der Waals surface area contributed by atoms with Crippen molar-refractivity contribution in [3.63, 3.8) is 0 Å². The van der Waals surface area contributed by atoms with Crippen LogP contribution >= 0.6 is 11.6 Å². The Balaban J connectivity index is 2.24. The molecule has 1 aromatic heterocycles. The summed E-state index contributed by atoms with van der Waals surface area (Å²) in [6.07, 6.45) is 2.07. The topological polar surface area (TPSA) is 38.9 Å². The molecule has 94 valence electrons. The van der Waals surface area contributed by atoms with E-state index >= 15 is 0 Å². The molecule has 2 N–H and O–H groups in total. The molecule has 0 bridgehead atoms. The lowest BCUT2D eigenvalue weighted by atomic mass is 9.70. The molecule has 0 amide bonds. The fourth-order valence-electron chi connectivity index (χ4n) is 2.35. The molecule has 1 heterocycles. The van der Waals surface area contributed by atoms with Gasteiger partial charge in [0.15, 0.2) is 0 Å². The van der Waals surface area contributed by atoms with E-state index in [1.807, 2.05) is 0 Å². The minimum absolute atomic E-state index is 0.117. The molecule has 1 aromatic rings. The van der Waals surface area contributed by atoms with Gasteiger partial charge in [0.1, 0.15) is 0 Å². The second kappa shape index (κ2) is 4.50. The largest absolute Gasteiger partial charge is 0.330 e. The standard InChI is InChI=1S/C12H15ClF2N2/c13-9-1-2-10(17-7-9)11(8-16)3-5-12(14,15)6-4-11/h1-2,7H,3-6,8,16H2. The number of halogens is 3. The highest BCUT2D eigenvalue weighted by Crippen LogP contribution is 2.44. The zero-order valence-corrected chi connectivity index (χ0v) is 10.2. The molecule has 0 unspecified atom stereocenters. The van der Waals surface area contributed by atoms with Crippen LogP contribution in [-0.4, -0.2) is 17.5 Å². The number of hydrogen-bond donors (Lipinski definition) is 1. The molecule has 0 radical (unpaired) electrons. The first-order valence-corrected chi connectivity index (χ1v) is 6.05. The van der Waals surface area contributed by atoms with E-state index < -0.39 is 11.3 Å². The van der Waals surface area contributed by atoms with E-state index in [2.05, 4.69) is 4.98 Å². The molecule has 0 aromatic carbocycles. The zero-order chi connectivity index (χ0) is 12.5. The Bertz CT molecular complexity index is 382. The van der Waals surface area contributed by atoms with Gasteiger partial charge in [-0.25, -0.2) is 8.78 Å². The molecular formula is C12H15ClF2N2. The highest BCUT2D eigenvalue weighted by atomic mass is 35.5. The Hall–Kier alpha value is -0.740. The molecule has 5 heteroatoms. The predicted molar refractivity (Wildman–Crippen MR) is 63.4 cm³/mol. The van der Waals surface area contributed by atoms with Crippen molar-refractivity contribution in [2.24, 2.45) is 5.73 Å². The quantitative estimate of drug-likeness (QED) is 0.887. The summed E-state index contributed by atoms with van der Waals surface area (Å²) in [4.78, 5) is 4.24. The summed E-state index contributed by atoms with van der Waals surface area (Å²) < 4.78 is 26.4. The van der Waals surface area contributed by atoms with Crippen molar-refractivity contribution < 1.29 is 8.78 Å². The van der Waals surface area contributed by atoms with Gasteiger partial charge in [-0.2, -0.15) is 0 Å². The lowest BCUT2D eigenvalue weighted by molar-refractivity contribution is -0.0514. The normalized spacial score (nSPS) is 22.4. The maximum atomic E-state index is 13.2. The van der Waals surface area contributed by atoms with Crippen LogP contribution in [0.25, 0.3) is 0 Å². The van der Waals surface area contributed by atoms with Crippen LogP contribution in [0.5, 0.6) is 0 Å². The third-order valence-electron chi connectivity index (χ3n) is 3.60. The lowest BCUT2D eigenvalue weighted by Gasteiger charge is -2.38. The van der Waals surface area contributed by atoms with Gasteiger partial charge in [-0.3, -0.25) is 4.98 Å². The van der Waals surface area contributed by atoms with E-state index in [4.69, 9.17) is 17.3 Å². The molecule has 17 heavy (non-hydrogen) atoms. The first kappa shape index (κ1) is 12.7. The second-order valence-electron chi connectivity index (χ2n) is 4.70. The monoisotopic (exact) mass is 260 g/mol. The number of nitrogens with zero attached hydrogens (tertiary/aromatic N) is 1. The Labute approximate surface area is 104 Å². The molecule has 1 aliphatic carbocycles. The molecule has 1 saturated carbocycles. The summed E-state index contributed by atoms with van der Waals surface area (Å²) in [6, 6.07) is 3.52. The van der Waals surface area contributed by atoms with Crippen molar-refractivity contribution in [2.75, 3.05) is 6.54 Å². The van der Waals surface area contributed by atoms with E-state index in [1.165, 1.54) is 0 Å². The Morgan fingerprint density at radius 3 is 2.35 bits per heavy atom. The van der Waals surface area contributed by atoms with Crippen molar-refractivity contribution in [3.8, 4) is 0 Å². The molecule has 0 aliphatic heterocycles. The number of nitrogens with two attached hydrogens (primary N) is 1. The van der Waals surface area contributed by atoms with Crippen LogP contribution in [0.2, 0.25) is 5.02 Å². The molecule has 1 aliphatic rings. The van der Waals surface area contributed by atoms with Gasteiger partial charge in [-0.05, 0) is 25.0 Å². The third kappa shape index (κ3) is 2.58. The fourth-order valence-corrected chi connectivity index (χ4v) is 2.46. The summed E-state index contributed by atoms with van der Waals surface area (Å²) in [5.41, 5.74) is 6.15. The van der Waals surface area contributed by atoms with E-state index in [1.54, 1.807) is 18.3 Å². The number of hydrogen-bond acceptors (Lipinski definition) is 2. The third-order valence-corrected chi connectivity index (χ3v) is 3.82. The van der Waals surface area contributed by atoms with E-state index in [9.17, 15) is 8.78 Å². The Kier molecular flexibility index (Phi) is 3.36. The van der Waals surface area contributed by atoms with Gasteiger partial charge in [-0.1, -0.05) is 11.6 Å². The minimum atomic E-state index is -2.55. The summed E-state index contributed by atoms with van der Waals surface area (Å²) in [7, 11) is 0. The Morgan fingerprint density at radius 2 is 1.88 bits per heavy atom. The molecule has 2 rings (SSSR count). The van der Waals surface area contributed by atoms with Crippen molar-refractivity contribution >= 4 is 11.6 Å². The molecule has 2 nitrogen and oxygen atoms in total. The highest BCUT2D eigenvalue weighted by Gasteiger charge is 2.44. The van der Waals surface area contributed by atoms with Gasteiger partial charge >= 0.3 is 0 Å². The average Bonchev–Trinajstić information content (AvgIpc) is 2.31. The van der Waals surface area contributed by atoms with Crippen LogP contribution in [0.4, 0.5) is 8.78 Å². The fraction of sp³-hybridized carbons (Fsp3) is 0.583. The lowest BCUT2D eigenvalue weighted by Crippen LogP contribution is -2.42. The van der Waals surface area contributed by atoms with Gasteiger partial charge in [0.25, 0.3) is 0 Å². The van der Waals surface area contributed by atoms with Gasteiger partial charge < -0.3 is 5.73 Å². The van der Waals surface area contributed by atoms with Crippen molar-refractivity contribution in [1.29, 1.82) is 0 Å². The van der Waals surface area contributed by atoms with Crippen LogP contribution in [0.15, 0.2) is 18.3 Å². The number of aromatic nitrogens is 1. The molecular weight excluding hydrogens is 246 g/mol. The van der Waals surface area contributed by atoms with E-state index in [0.717, 1.165) is 5.69 Å². The van der Waals surface area contributed by atoms with Crippen LogP contribution in [0, 0.1) is 0 Å². The van der Waals surface area contributed by atoms with Gasteiger partial charge in [0, 0.05) is 36.7 Å². The number of pyridine rings is 1. The summed E-state index contributed by atoms with van der Waals surface area (Å²) in [5, 5.41) is 0.544. The van der Waals surface area contributed by atoms with Crippen molar-refractivity contribution in [1.82, 2.24) is 4.98 Å². The Morgan fingerprint density at radius 1 is 1.24 bits per heavy atom. The van der Waals surface area contributed by atoms with Gasteiger partial charge in [0.05, 0.1) is 5.02 Å². The zero-order valence-electron chi connectivity index (χ0n) is 9.43. The van der Waals surface area contributed by atoms with Gasteiger partial charge in [-0.15, -0.1) is 0 Å². The maximum Gasteiger partial charge on any atom is 0.248 e. The van der Waals surface area contributed by atoms with Crippen LogP contribution in [0.3, 0.4) is 0 Å². The SMILES string of the molecule is NCC1(c2ccc(Cl)cn2)CCC(F)(F)CC1. The molecule has 1 fully saturated rings. The van der Waals surface area contributed by atoms with E-state index in [-0.39, 0.29) is 12.8 Å². The summed E-state index contributed by atoms with van der Waals surface area (Å²) in [6.45, 7) is 0.345. The van der Waals surface area contributed by atoms with E-state index in [0.29, 0.717) is 24.4 Å². The van der Waals surface area contributed by atoms with Crippen molar-refractivity contribution in [3.05, 3.63) is 29.0 Å². The first-order valence-electron chi connectivity index (χ1n) is 5.67. The molecule has 0 saturated heterocycles. The number of alkyl halides is 2. The maximum absolute atomic E-state index is 13.2. The predicted octanol–water partition coefficient (Wildman–Crippen LogP) is 3.14. The van der Waals surface area contributed by atoms with Crippen LogP contribution < -0.4 is 5.73 Å². The smallest absolute Gasteiger partial charge is 0.248 e. The van der Waals surface area contributed by atoms with Crippen molar-refractivity contribution in [2.45, 2.75) is 37.0 Å². The average molecular weight is 261 g/mol. The summed E-state index contributed by atoms with van der Waals surface area (Å²) in [5.74, 6) is -2.55.